The number of nitrogens with zero attached hydrogens (tertiary/aromatic N) is 1. The predicted molar refractivity (Wildman–Crippen MR) is 82.8 cm³/mol. The molecular formula is C13H15ClN2OS2. The van der Waals surface area contributed by atoms with Gasteiger partial charge in [-0.2, -0.15) is 0 Å². The van der Waals surface area contributed by atoms with Crippen molar-refractivity contribution in [2.45, 2.75) is 23.0 Å². The average molecular weight is 315 g/mol. The van der Waals surface area contributed by atoms with Crippen LogP contribution in [0.2, 0.25) is 5.02 Å². The Hall–Kier alpha value is -0.490. The van der Waals surface area contributed by atoms with Crippen LogP contribution in [-0.4, -0.2) is 35.3 Å². The van der Waals surface area contributed by atoms with Crippen molar-refractivity contribution in [1.82, 2.24) is 9.88 Å². The number of oxazole rings is 1. The Morgan fingerprint density at radius 2 is 2.16 bits per heavy atom. The lowest BCUT2D eigenvalue weighted by Crippen LogP contribution is -2.31. The van der Waals surface area contributed by atoms with Crippen LogP contribution in [0, 0.1) is 4.84 Å². The second-order valence-corrected chi connectivity index (χ2v) is 6.98. The summed E-state index contributed by atoms with van der Waals surface area (Å²) >= 11 is 13.3. The van der Waals surface area contributed by atoms with Gasteiger partial charge in [-0.15, -0.1) is 11.8 Å². The molecule has 19 heavy (non-hydrogen) atoms. The van der Waals surface area contributed by atoms with Gasteiger partial charge in [-0.3, -0.25) is 0 Å². The third-order valence-electron chi connectivity index (χ3n) is 3.45. The number of fused-ring (bicyclic) bond motifs is 1. The van der Waals surface area contributed by atoms with Gasteiger partial charge in [-0.1, -0.05) is 11.6 Å². The Morgan fingerprint density at radius 1 is 1.42 bits per heavy atom. The summed E-state index contributed by atoms with van der Waals surface area (Å²) in [6, 6.07) is 4.03. The van der Waals surface area contributed by atoms with Crippen molar-refractivity contribution < 1.29 is 4.42 Å². The first kappa shape index (κ1) is 13.5. The highest BCUT2D eigenvalue weighted by Gasteiger charge is 2.20. The number of nitrogens with one attached hydrogen (secondary N) is 1. The second-order valence-electron chi connectivity index (χ2n) is 4.89. The minimum atomic E-state index is 0.373. The summed E-state index contributed by atoms with van der Waals surface area (Å²) in [5.41, 5.74) is 1.53. The van der Waals surface area contributed by atoms with Crippen molar-refractivity contribution in [2.24, 2.45) is 0 Å². The van der Waals surface area contributed by atoms with E-state index in [9.17, 15) is 0 Å². The minimum absolute atomic E-state index is 0.373. The maximum atomic E-state index is 6.41. The lowest BCUT2D eigenvalue weighted by atomic mass is 10.1. The van der Waals surface area contributed by atoms with E-state index in [0.717, 1.165) is 23.5 Å². The van der Waals surface area contributed by atoms with Gasteiger partial charge < -0.3 is 14.3 Å². The molecule has 2 heterocycles. The highest BCUT2D eigenvalue weighted by Crippen LogP contribution is 2.38. The Morgan fingerprint density at radius 3 is 2.89 bits per heavy atom. The first-order valence-corrected chi connectivity index (χ1v) is 7.96. The SMILES string of the molecule is CN1CCC(Sc2ccc3[nH]c(=S)oc3c2Cl)CC1. The number of benzene rings is 1. The summed E-state index contributed by atoms with van der Waals surface area (Å²) in [6.45, 7) is 2.31. The fourth-order valence-corrected chi connectivity index (χ4v) is 4.02. The van der Waals surface area contributed by atoms with E-state index in [1.807, 2.05) is 17.8 Å². The monoisotopic (exact) mass is 314 g/mol. The Balaban J connectivity index is 1.84. The molecule has 1 aliphatic rings. The third kappa shape index (κ3) is 2.84. The smallest absolute Gasteiger partial charge is 0.266 e. The van der Waals surface area contributed by atoms with Gasteiger partial charge in [0.2, 0.25) is 0 Å². The average Bonchev–Trinajstić information content (AvgIpc) is 2.77. The van der Waals surface area contributed by atoms with Gasteiger partial charge in [0.15, 0.2) is 5.58 Å². The molecule has 0 aliphatic carbocycles. The van der Waals surface area contributed by atoms with Crippen LogP contribution in [0.5, 0.6) is 0 Å². The molecule has 1 aliphatic heterocycles. The number of likely N-dealkylation sites (tertiary alicyclic amines) is 1. The molecule has 2 aromatic rings. The summed E-state index contributed by atoms with van der Waals surface area (Å²) in [4.78, 5) is 6.81. The zero-order valence-electron chi connectivity index (χ0n) is 10.6. The van der Waals surface area contributed by atoms with Crippen molar-refractivity contribution >= 4 is 46.7 Å². The molecule has 102 valence electrons. The number of halogens is 1. The maximum Gasteiger partial charge on any atom is 0.266 e. The summed E-state index contributed by atoms with van der Waals surface area (Å²) in [5, 5.41) is 1.31. The van der Waals surface area contributed by atoms with E-state index in [1.165, 1.54) is 12.8 Å². The summed E-state index contributed by atoms with van der Waals surface area (Å²) in [7, 11) is 2.17. The van der Waals surface area contributed by atoms with Crippen LogP contribution in [-0.2, 0) is 0 Å². The predicted octanol–water partition coefficient (Wildman–Crippen LogP) is 4.33. The summed E-state index contributed by atoms with van der Waals surface area (Å²) in [6.07, 6.45) is 2.40. The van der Waals surface area contributed by atoms with Crippen molar-refractivity contribution in [3.8, 4) is 0 Å². The van der Waals surface area contributed by atoms with Gasteiger partial charge >= 0.3 is 0 Å². The molecule has 0 atom stereocenters. The number of aromatic nitrogens is 1. The Bertz CT molecular complexity index is 644. The lowest BCUT2D eigenvalue weighted by molar-refractivity contribution is 0.282. The van der Waals surface area contributed by atoms with Gasteiger partial charge in [0.1, 0.15) is 0 Å². The number of thioether (sulfide) groups is 1. The van der Waals surface area contributed by atoms with Crippen molar-refractivity contribution in [3.05, 3.63) is 22.0 Å². The standard InChI is InChI=1S/C13H15ClN2OS2/c1-16-6-4-8(5-7-16)19-10-3-2-9-12(11(10)14)17-13(18)15-9/h2-3,8H,4-7H2,1H3,(H,15,18). The normalized spacial score (nSPS) is 18.2. The van der Waals surface area contributed by atoms with Crippen LogP contribution >= 0.6 is 35.6 Å². The number of rotatable bonds is 2. The molecule has 0 radical (unpaired) electrons. The molecule has 3 rings (SSSR count). The van der Waals surface area contributed by atoms with Crippen LogP contribution in [0.15, 0.2) is 21.4 Å². The summed E-state index contributed by atoms with van der Waals surface area (Å²) < 4.78 is 5.45. The minimum Gasteiger partial charge on any atom is -0.428 e. The van der Waals surface area contributed by atoms with E-state index in [4.69, 9.17) is 28.2 Å². The van der Waals surface area contributed by atoms with Gasteiger partial charge in [-0.05, 0) is 57.3 Å². The zero-order chi connectivity index (χ0) is 13.4. The van der Waals surface area contributed by atoms with E-state index in [-0.39, 0.29) is 0 Å². The summed E-state index contributed by atoms with van der Waals surface area (Å²) in [5.74, 6) is 0. The van der Waals surface area contributed by atoms with Crippen LogP contribution in [0.3, 0.4) is 0 Å². The molecular weight excluding hydrogens is 300 g/mol. The lowest BCUT2D eigenvalue weighted by Gasteiger charge is -2.28. The van der Waals surface area contributed by atoms with Crippen LogP contribution in [0.4, 0.5) is 0 Å². The van der Waals surface area contributed by atoms with Gasteiger partial charge in [0, 0.05) is 10.1 Å². The third-order valence-corrected chi connectivity index (χ3v) is 5.52. The highest BCUT2D eigenvalue weighted by molar-refractivity contribution is 8.00. The van der Waals surface area contributed by atoms with Crippen LogP contribution in [0.1, 0.15) is 12.8 Å². The van der Waals surface area contributed by atoms with Crippen LogP contribution < -0.4 is 0 Å². The van der Waals surface area contributed by atoms with E-state index in [2.05, 4.69) is 23.0 Å². The highest BCUT2D eigenvalue weighted by atomic mass is 35.5. The quantitative estimate of drug-likeness (QED) is 0.836. The molecule has 3 nitrogen and oxygen atoms in total. The van der Waals surface area contributed by atoms with E-state index in [0.29, 0.717) is 20.7 Å². The maximum absolute atomic E-state index is 6.41. The van der Waals surface area contributed by atoms with Crippen LogP contribution in [0.25, 0.3) is 11.1 Å². The molecule has 0 bridgehead atoms. The van der Waals surface area contributed by atoms with Gasteiger partial charge in [-0.25, -0.2) is 0 Å². The van der Waals surface area contributed by atoms with Gasteiger partial charge in [0.05, 0.1) is 10.5 Å². The molecule has 6 heteroatoms. The molecule has 1 fully saturated rings. The van der Waals surface area contributed by atoms with Crippen molar-refractivity contribution in [3.63, 3.8) is 0 Å². The number of aromatic amines is 1. The zero-order valence-corrected chi connectivity index (χ0v) is 13.0. The topological polar surface area (TPSA) is 32.2 Å². The first-order chi connectivity index (χ1) is 9.13. The second kappa shape index (κ2) is 5.48. The number of piperidine rings is 1. The Kier molecular flexibility index (Phi) is 3.89. The molecule has 0 unspecified atom stereocenters. The van der Waals surface area contributed by atoms with Gasteiger partial charge in [0.25, 0.3) is 4.84 Å². The molecule has 1 aromatic carbocycles. The fraction of sp³-hybridized carbons (Fsp3) is 0.462. The van der Waals surface area contributed by atoms with E-state index in [1.54, 1.807) is 0 Å². The number of H-pyrrole nitrogens is 1. The molecule has 0 saturated carbocycles. The first-order valence-electron chi connectivity index (χ1n) is 6.30. The number of hydrogen-bond acceptors (Lipinski definition) is 4. The molecule has 1 saturated heterocycles. The van der Waals surface area contributed by atoms with Crippen molar-refractivity contribution in [2.75, 3.05) is 20.1 Å². The Labute approximate surface area is 126 Å². The molecule has 1 aromatic heterocycles. The van der Waals surface area contributed by atoms with Crippen molar-refractivity contribution in [1.29, 1.82) is 0 Å². The number of hydrogen-bond donors (Lipinski definition) is 1. The largest absolute Gasteiger partial charge is 0.428 e. The molecule has 1 N–H and O–H groups in total. The van der Waals surface area contributed by atoms with E-state index >= 15 is 0 Å². The molecule has 0 amide bonds. The molecule has 0 spiro atoms. The van der Waals surface area contributed by atoms with E-state index < -0.39 is 0 Å². The fourth-order valence-electron chi connectivity index (χ4n) is 2.34.